The standard InChI is InChI=1S/C19H20N4O3S/c1-20-17(25)10-23-14(11-24)9-21-19(23)27-12-18(26)22-16-8-4-6-13-5-2-3-7-15(13)16/h2-9,24H,10-12H2,1H3,(H,20,25)(H,22,26). The third kappa shape index (κ3) is 4.47. The number of anilines is 1. The van der Waals surface area contributed by atoms with Crippen molar-refractivity contribution in [1.82, 2.24) is 14.9 Å². The normalized spacial score (nSPS) is 10.7. The average Bonchev–Trinajstić information content (AvgIpc) is 3.08. The van der Waals surface area contributed by atoms with E-state index in [-0.39, 0.29) is 30.7 Å². The van der Waals surface area contributed by atoms with Crippen molar-refractivity contribution >= 4 is 40.0 Å². The van der Waals surface area contributed by atoms with Gasteiger partial charge in [-0.05, 0) is 11.5 Å². The second kappa shape index (κ2) is 8.70. The van der Waals surface area contributed by atoms with Crippen LogP contribution in [0.3, 0.4) is 0 Å². The van der Waals surface area contributed by atoms with Gasteiger partial charge < -0.3 is 20.3 Å². The van der Waals surface area contributed by atoms with Gasteiger partial charge in [0.15, 0.2) is 5.16 Å². The molecule has 0 spiro atoms. The number of fused-ring (bicyclic) bond motifs is 1. The third-order valence-corrected chi connectivity index (χ3v) is 5.03. The van der Waals surface area contributed by atoms with Crippen molar-refractivity contribution in [3.63, 3.8) is 0 Å². The van der Waals surface area contributed by atoms with E-state index in [1.165, 1.54) is 18.0 Å². The van der Waals surface area contributed by atoms with Crippen molar-refractivity contribution in [3.05, 3.63) is 54.4 Å². The molecule has 0 aliphatic heterocycles. The monoisotopic (exact) mass is 384 g/mol. The van der Waals surface area contributed by atoms with Crippen LogP contribution in [0.15, 0.2) is 53.8 Å². The Morgan fingerprint density at radius 3 is 2.70 bits per heavy atom. The maximum atomic E-state index is 12.4. The number of likely N-dealkylation sites (N-methyl/N-ethyl adjacent to an activating group) is 1. The largest absolute Gasteiger partial charge is 0.390 e. The number of carbonyl (C=O) groups is 2. The summed E-state index contributed by atoms with van der Waals surface area (Å²) in [6.07, 6.45) is 1.51. The van der Waals surface area contributed by atoms with Gasteiger partial charge in [0.25, 0.3) is 0 Å². The SMILES string of the molecule is CNC(=O)Cn1c(CO)cnc1SCC(=O)Nc1cccc2ccccc12. The van der Waals surface area contributed by atoms with Crippen molar-refractivity contribution in [2.45, 2.75) is 18.3 Å². The highest BCUT2D eigenvalue weighted by Gasteiger charge is 2.14. The smallest absolute Gasteiger partial charge is 0.239 e. The number of rotatable bonds is 7. The van der Waals surface area contributed by atoms with Crippen LogP contribution in [0.5, 0.6) is 0 Å². The lowest BCUT2D eigenvalue weighted by Crippen LogP contribution is -2.25. The van der Waals surface area contributed by atoms with Crippen LogP contribution in [-0.2, 0) is 22.7 Å². The van der Waals surface area contributed by atoms with Crippen LogP contribution in [0.1, 0.15) is 5.69 Å². The number of nitrogens with one attached hydrogen (secondary N) is 2. The van der Waals surface area contributed by atoms with Crippen LogP contribution in [0.4, 0.5) is 5.69 Å². The average molecular weight is 384 g/mol. The zero-order valence-electron chi connectivity index (χ0n) is 14.8. The lowest BCUT2D eigenvalue weighted by Gasteiger charge is -2.11. The zero-order chi connectivity index (χ0) is 19.2. The fourth-order valence-electron chi connectivity index (χ4n) is 2.68. The summed E-state index contributed by atoms with van der Waals surface area (Å²) in [5, 5.41) is 17.4. The number of benzene rings is 2. The minimum Gasteiger partial charge on any atom is -0.390 e. The Labute approximate surface area is 160 Å². The Hall–Kier alpha value is -2.84. The molecule has 1 aromatic heterocycles. The van der Waals surface area contributed by atoms with Crippen LogP contribution in [0.25, 0.3) is 10.8 Å². The molecule has 0 saturated heterocycles. The van der Waals surface area contributed by atoms with Crippen molar-refractivity contribution in [1.29, 1.82) is 0 Å². The fourth-order valence-corrected chi connectivity index (χ4v) is 3.47. The highest BCUT2D eigenvalue weighted by Crippen LogP contribution is 2.24. The fraction of sp³-hybridized carbons (Fsp3) is 0.211. The predicted molar refractivity (Wildman–Crippen MR) is 106 cm³/mol. The Kier molecular flexibility index (Phi) is 6.10. The highest BCUT2D eigenvalue weighted by atomic mass is 32.2. The van der Waals surface area contributed by atoms with Crippen molar-refractivity contribution in [2.24, 2.45) is 0 Å². The number of amides is 2. The second-order valence-corrected chi connectivity index (χ2v) is 6.76. The van der Waals surface area contributed by atoms with E-state index in [2.05, 4.69) is 15.6 Å². The summed E-state index contributed by atoms with van der Waals surface area (Å²) in [4.78, 5) is 28.3. The van der Waals surface area contributed by atoms with E-state index in [0.29, 0.717) is 10.9 Å². The van der Waals surface area contributed by atoms with Crippen LogP contribution in [-0.4, -0.2) is 39.3 Å². The van der Waals surface area contributed by atoms with Crippen LogP contribution in [0.2, 0.25) is 0 Å². The topological polar surface area (TPSA) is 96.2 Å². The number of aliphatic hydroxyl groups excluding tert-OH is 1. The first kappa shape index (κ1) is 18.9. The molecular formula is C19H20N4O3S. The van der Waals surface area contributed by atoms with Gasteiger partial charge in [0.1, 0.15) is 6.54 Å². The molecule has 0 atom stereocenters. The highest BCUT2D eigenvalue weighted by molar-refractivity contribution is 7.99. The van der Waals surface area contributed by atoms with E-state index in [1.807, 2.05) is 42.5 Å². The Morgan fingerprint density at radius 1 is 1.15 bits per heavy atom. The van der Waals surface area contributed by atoms with Gasteiger partial charge in [-0.25, -0.2) is 4.98 Å². The lowest BCUT2D eigenvalue weighted by molar-refractivity contribution is -0.121. The van der Waals surface area contributed by atoms with Crippen LogP contribution in [0, 0.1) is 0 Å². The van der Waals surface area contributed by atoms with Gasteiger partial charge in [0, 0.05) is 18.1 Å². The van der Waals surface area contributed by atoms with Crippen molar-refractivity contribution < 1.29 is 14.7 Å². The number of thioether (sulfide) groups is 1. The van der Waals surface area contributed by atoms with Gasteiger partial charge >= 0.3 is 0 Å². The van der Waals surface area contributed by atoms with Gasteiger partial charge in [-0.3, -0.25) is 9.59 Å². The number of carbonyl (C=O) groups excluding carboxylic acids is 2. The Balaban J connectivity index is 1.69. The molecule has 3 rings (SSSR count). The lowest BCUT2D eigenvalue weighted by atomic mass is 10.1. The number of hydrogen-bond donors (Lipinski definition) is 3. The maximum absolute atomic E-state index is 12.4. The van der Waals surface area contributed by atoms with Gasteiger partial charge in [0.05, 0.1) is 24.3 Å². The number of aliphatic hydroxyl groups is 1. The molecule has 0 aliphatic rings. The first-order valence-corrected chi connectivity index (χ1v) is 9.37. The van der Waals surface area contributed by atoms with E-state index in [0.717, 1.165) is 16.5 Å². The summed E-state index contributed by atoms with van der Waals surface area (Å²) in [5.74, 6) is -0.236. The van der Waals surface area contributed by atoms with Gasteiger partial charge in [-0.2, -0.15) is 0 Å². The van der Waals surface area contributed by atoms with E-state index in [9.17, 15) is 14.7 Å². The minimum atomic E-state index is -0.229. The van der Waals surface area contributed by atoms with Gasteiger partial charge in [-0.1, -0.05) is 48.2 Å². The van der Waals surface area contributed by atoms with Crippen LogP contribution < -0.4 is 10.6 Å². The summed E-state index contributed by atoms with van der Waals surface area (Å²) < 4.78 is 1.61. The molecule has 0 radical (unpaired) electrons. The number of nitrogens with zero attached hydrogens (tertiary/aromatic N) is 2. The molecule has 2 amide bonds. The first-order valence-electron chi connectivity index (χ1n) is 8.38. The summed E-state index contributed by atoms with van der Waals surface area (Å²) in [7, 11) is 1.54. The number of hydrogen-bond acceptors (Lipinski definition) is 5. The molecule has 0 unspecified atom stereocenters. The van der Waals surface area contributed by atoms with E-state index < -0.39 is 0 Å². The zero-order valence-corrected chi connectivity index (χ0v) is 15.6. The molecule has 2 aromatic carbocycles. The summed E-state index contributed by atoms with van der Waals surface area (Å²) in [5.41, 5.74) is 1.28. The summed E-state index contributed by atoms with van der Waals surface area (Å²) in [6.45, 7) is -0.188. The van der Waals surface area contributed by atoms with E-state index in [4.69, 9.17) is 0 Å². The Morgan fingerprint density at radius 2 is 1.93 bits per heavy atom. The van der Waals surface area contributed by atoms with E-state index in [1.54, 1.807) is 11.6 Å². The number of imidazole rings is 1. The van der Waals surface area contributed by atoms with Crippen molar-refractivity contribution in [3.8, 4) is 0 Å². The molecule has 0 bridgehead atoms. The van der Waals surface area contributed by atoms with E-state index >= 15 is 0 Å². The number of aromatic nitrogens is 2. The van der Waals surface area contributed by atoms with Crippen LogP contribution >= 0.6 is 11.8 Å². The Bertz CT molecular complexity index is 965. The third-order valence-electron chi connectivity index (χ3n) is 4.04. The molecule has 7 nitrogen and oxygen atoms in total. The predicted octanol–water partition coefficient (Wildman–Crippen LogP) is 2.01. The second-order valence-electron chi connectivity index (χ2n) is 5.81. The minimum absolute atomic E-state index is 0.0413. The quantitative estimate of drug-likeness (QED) is 0.542. The first-order chi connectivity index (χ1) is 13.1. The van der Waals surface area contributed by atoms with Gasteiger partial charge in [0.2, 0.25) is 11.8 Å². The molecule has 1 heterocycles. The molecule has 3 N–H and O–H groups in total. The van der Waals surface area contributed by atoms with Crippen molar-refractivity contribution in [2.75, 3.05) is 18.1 Å². The molecule has 140 valence electrons. The molecule has 3 aromatic rings. The molecular weight excluding hydrogens is 364 g/mol. The molecule has 0 aliphatic carbocycles. The molecule has 27 heavy (non-hydrogen) atoms. The summed E-state index contributed by atoms with van der Waals surface area (Å²) in [6, 6.07) is 13.6. The molecule has 0 saturated carbocycles. The maximum Gasteiger partial charge on any atom is 0.239 e. The molecule has 0 fully saturated rings. The summed E-state index contributed by atoms with van der Waals surface area (Å²) >= 11 is 1.22. The van der Waals surface area contributed by atoms with Gasteiger partial charge in [-0.15, -0.1) is 0 Å². The molecule has 8 heteroatoms.